The maximum absolute atomic E-state index is 10.4. The molecule has 1 saturated heterocycles. The van der Waals surface area contributed by atoms with E-state index < -0.39 is 5.60 Å². The van der Waals surface area contributed by atoms with Gasteiger partial charge in [0.1, 0.15) is 11.4 Å². The number of ether oxygens (including phenoxy) is 1. The SMILES string of the molecule is CN=C(NCC1CCCCO1)NCC(C)(O)c1ccco1. The molecule has 1 fully saturated rings. The summed E-state index contributed by atoms with van der Waals surface area (Å²) in [4.78, 5) is 4.15. The maximum Gasteiger partial charge on any atom is 0.191 e. The molecular weight excluding hydrogens is 270 g/mol. The van der Waals surface area contributed by atoms with Crippen LogP contribution in [0.2, 0.25) is 0 Å². The van der Waals surface area contributed by atoms with Gasteiger partial charge in [0.05, 0.1) is 18.9 Å². The van der Waals surface area contributed by atoms with Crippen LogP contribution in [0.1, 0.15) is 31.9 Å². The van der Waals surface area contributed by atoms with E-state index >= 15 is 0 Å². The van der Waals surface area contributed by atoms with E-state index in [1.807, 2.05) is 0 Å². The van der Waals surface area contributed by atoms with Gasteiger partial charge in [0.15, 0.2) is 5.96 Å². The van der Waals surface area contributed by atoms with Gasteiger partial charge in [-0.2, -0.15) is 0 Å². The predicted octanol–water partition coefficient (Wildman–Crippen LogP) is 1.22. The van der Waals surface area contributed by atoms with Crippen LogP contribution in [0.3, 0.4) is 0 Å². The minimum atomic E-state index is -1.08. The molecule has 1 aromatic rings. The highest BCUT2D eigenvalue weighted by atomic mass is 16.5. The fraction of sp³-hybridized carbons (Fsp3) is 0.667. The molecule has 0 spiro atoms. The molecular formula is C15H25N3O3. The molecule has 1 aromatic heterocycles. The topological polar surface area (TPSA) is 79.0 Å². The fourth-order valence-corrected chi connectivity index (χ4v) is 2.33. The van der Waals surface area contributed by atoms with E-state index in [-0.39, 0.29) is 6.10 Å². The summed E-state index contributed by atoms with van der Waals surface area (Å²) in [5.74, 6) is 1.18. The zero-order valence-electron chi connectivity index (χ0n) is 12.8. The monoisotopic (exact) mass is 295 g/mol. The first kappa shape index (κ1) is 15.9. The molecule has 118 valence electrons. The molecule has 6 nitrogen and oxygen atoms in total. The van der Waals surface area contributed by atoms with Crippen molar-refractivity contribution in [1.29, 1.82) is 0 Å². The first-order valence-corrected chi connectivity index (χ1v) is 7.44. The van der Waals surface area contributed by atoms with Crippen LogP contribution in [0, 0.1) is 0 Å². The second-order valence-corrected chi connectivity index (χ2v) is 5.55. The Labute approximate surface area is 125 Å². The van der Waals surface area contributed by atoms with Gasteiger partial charge in [-0.25, -0.2) is 0 Å². The Hall–Kier alpha value is -1.53. The molecule has 0 radical (unpaired) electrons. The van der Waals surface area contributed by atoms with Gasteiger partial charge in [0.2, 0.25) is 0 Å². The molecule has 2 atom stereocenters. The molecule has 2 unspecified atom stereocenters. The summed E-state index contributed by atoms with van der Waals surface area (Å²) in [6, 6.07) is 3.52. The molecule has 1 aliphatic rings. The minimum Gasteiger partial charge on any atom is -0.466 e. The number of aliphatic imine (C=N–C) groups is 1. The number of aliphatic hydroxyl groups is 1. The normalized spacial score (nSPS) is 22.6. The predicted molar refractivity (Wildman–Crippen MR) is 81.2 cm³/mol. The Morgan fingerprint density at radius 2 is 2.33 bits per heavy atom. The highest BCUT2D eigenvalue weighted by Crippen LogP contribution is 2.19. The van der Waals surface area contributed by atoms with Gasteiger partial charge in [-0.15, -0.1) is 0 Å². The standard InChI is InChI=1S/C15H25N3O3/c1-15(19,13-7-5-9-21-13)11-18-14(16-2)17-10-12-6-3-4-8-20-12/h5,7,9,12,19H,3-4,6,8,10-11H2,1-2H3,(H2,16,17,18). The van der Waals surface area contributed by atoms with E-state index in [0.717, 1.165) is 26.0 Å². The van der Waals surface area contributed by atoms with Crippen LogP contribution in [-0.4, -0.2) is 43.9 Å². The van der Waals surface area contributed by atoms with Crippen LogP contribution in [-0.2, 0) is 10.3 Å². The lowest BCUT2D eigenvalue weighted by Crippen LogP contribution is -2.46. The Bertz CT molecular complexity index is 437. The van der Waals surface area contributed by atoms with Crippen LogP contribution in [0.25, 0.3) is 0 Å². The van der Waals surface area contributed by atoms with Gasteiger partial charge in [-0.05, 0) is 38.3 Å². The van der Waals surface area contributed by atoms with Crippen LogP contribution in [0.4, 0.5) is 0 Å². The van der Waals surface area contributed by atoms with Crippen molar-refractivity contribution < 1.29 is 14.3 Å². The average molecular weight is 295 g/mol. The van der Waals surface area contributed by atoms with Gasteiger partial charge >= 0.3 is 0 Å². The van der Waals surface area contributed by atoms with E-state index in [9.17, 15) is 5.11 Å². The van der Waals surface area contributed by atoms with Crippen LogP contribution < -0.4 is 10.6 Å². The molecule has 0 aliphatic carbocycles. The van der Waals surface area contributed by atoms with E-state index in [1.54, 1.807) is 32.4 Å². The number of nitrogens with zero attached hydrogens (tertiary/aromatic N) is 1. The van der Waals surface area contributed by atoms with Crippen LogP contribution >= 0.6 is 0 Å². The summed E-state index contributed by atoms with van der Waals surface area (Å²) in [7, 11) is 1.71. The smallest absolute Gasteiger partial charge is 0.191 e. The van der Waals surface area contributed by atoms with Crippen LogP contribution in [0.5, 0.6) is 0 Å². The number of hydrogen-bond donors (Lipinski definition) is 3. The molecule has 0 bridgehead atoms. The lowest BCUT2D eigenvalue weighted by Gasteiger charge is -2.25. The quantitative estimate of drug-likeness (QED) is 0.562. The molecule has 0 saturated carbocycles. The summed E-state index contributed by atoms with van der Waals surface area (Å²) < 4.78 is 10.9. The third kappa shape index (κ3) is 4.75. The van der Waals surface area contributed by atoms with Crippen molar-refractivity contribution in [3.8, 4) is 0 Å². The molecule has 0 aromatic carbocycles. The molecule has 6 heteroatoms. The number of guanidine groups is 1. The maximum atomic E-state index is 10.4. The summed E-state index contributed by atoms with van der Waals surface area (Å²) in [5, 5.41) is 16.7. The summed E-state index contributed by atoms with van der Waals surface area (Å²) in [6.07, 6.45) is 5.23. The Morgan fingerprint density at radius 3 is 2.95 bits per heavy atom. The number of furan rings is 1. The van der Waals surface area contributed by atoms with Crippen molar-refractivity contribution in [2.45, 2.75) is 37.9 Å². The fourth-order valence-electron chi connectivity index (χ4n) is 2.33. The van der Waals surface area contributed by atoms with E-state index in [1.165, 1.54) is 6.42 Å². The van der Waals surface area contributed by atoms with Gasteiger partial charge in [0, 0.05) is 20.2 Å². The van der Waals surface area contributed by atoms with Crippen molar-refractivity contribution >= 4 is 5.96 Å². The zero-order valence-corrected chi connectivity index (χ0v) is 12.8. The summed E-state index contributed by atoms with van der Waals surface area (Å²) in [6.45, 7) is 3.58. The second-order valence-electron chi connectivity index (χ2n) is 5.55. The molecule has 21 heavy (non-hydrogen) atoms. The van der Waals surface area contributed by atoms with E-state index in [2.05, 4.69) is 15.6 Å². The largest absolute Gasteiger partial charge is 0.466 e. The molecule has 1 aliphatic heterocycles. The van der Waals surface area contributed by atoms with Crippen molar-refractivity contribution in [1.82, 2.24) is 10.6 Å². The first-order chi connectivity index (χ1) is 10.1. The number of nitrogens with one attached hydrogen (secondary N) is 2. The van der Waals surface area contributed by atoms with Crippen molar-refractivity contribution in [3.63, 3.8) is 0 Å². The van der Waals surface area contributed by atoms with Gasteiger partial charge < -0.3 is 24.9 Å². The molecule has 2 heterocycles. The van der Waals surface area contributed by atoms with Crippen molar-refractivity contribution in [2.75, 3.05) is 26.7 Å². The zero-order chi connectivity index (χ0) is 15.1. The summed E-state index contributed by atoms with van der Waals surface area (Å²) >= 11 is 0. The Balaban J connectivity index is 1.77. The highest BCUT2D eigenvalue weighted by molar-refractivity contribution is 5.79. The highest BCUT2D eigenvalue weighted by Gasteiger charge is 2.26. The third-order valence-corrected chi connectivity index (χ3v) is 3.65. The number of hydrogen-bond acceptors (Lipinski definition) is 4. The Morgan fingerprint density at radius 1 is 1.48 bits per heavy atom. The molecule has 2 rings (SSSR count). The lowest BCUT2D eigenvalue weighted by molar-refractivity contribution is 0.0191. The van der Waals surface area contributed by atoms with Crippen molar-refractivity contribution in [3.05, 3.63) is 24.2 Å². The first-order valence-electron chi connectivity index (χ1n) is 7.44. The van der Waals surface area contributed by atoms with Gasteiger partial charge in [-0.1, -0.05) is 0 Å². The second kappa shape index (κ2) is 7.47. The Kier molecular flexibility index (Phi) is 5.64. The molecule has 3 N–H and O–H groups in total. The minimum absolute atomic E-state index is 0.239. The van der Waals surface area contributed by atoms with E-state index in [0.29, 0.717) is 18.3 Å². The molecule has 0 amide bonds. The third-order valence-electron chi connectivity index (χ3n) is 3.65. The van der Waals surface area contributed by atoms with Gasteiger partial charge in [-0.3, -0.25) is 4.99 Å². The van der Waals surface area contributed by atoms with Crippen LogP contribution in [0.15, 0.2) is 27.8 Å². The van der Waals surface area contributed by atoms with Crippen molar-refractivity contribution in [2.24, 2.45) is 4.99 Å². The summed E-state index contributed by atoms with van der Waals surface area (Å²) in [5.41, 5.74) is -1.08. The van der Waals surface area contributed by atoms with E-state index in [4.69, 9.17) is 9.15 Å². The van der Waals surface area contributed by atoms with Gasteiger partial charge in [0.25, 0.3) is 0 Å². The number of rotatable bonds is 5. The lowest BCUT2D eigenvalue weighted by atomic mass is 10.0. The average Bonchev–Trinajstić information content (AvgIpc) is 3.03.